The highest BCUT2D eigenvalue weighted by atomic mass is 32.2. The lowest BCUT2D eigenvalue weighted by Crippen LogP contribution is -2.15. The van der Waals surface area contributed by atoms with Crippen LogP contribution in [0.3, 0.4) is 0 Å². The summed E-state index contributed by atoms with van der Waals surface area (Å²) in [5, 5.41) is 16.9. The van der Waals surface area contributed by atoms with Gasteiger partial charge in [-0.25, -0.2) is 4.68 Å². The second-order valence-corrected chi connectivity index (χ2v) is 7.85. The summed E-state index contributed by atoms with van der Waals surface area (Å²) in [5.41, 5.74) is 5.69. The lowest BCUT2D eigenvalue weighted by Gasteiger charge is -2.09. The minimum absolute atomic E-state index is 0.0453. The number of aryl methyl sites for hydroxylation is 2. The molecule has 3 aromatic rings. The maximum absolute atomic E-state index is 12.3. The van der Waals surface area contributed by atoms with Crippen LogP contribution in [-0.4, -0.2) is 31.6 Å². The van der Waals surface area contributed by atoms with Crippen LogP contribution < -0.4 is 5.32 Å². The summed E-state index contributed by atoms with van der Waals surface area (Å²) in [4.78, 5) is 12.3. The number of benzene rings is 1. The first-order valence-corrected chi connectivity index (χ1v) is 10.6. The van der Waals surface area contributed by atoms with E-state index in [1.807, 2.05) is 41.1 Å². The van der Waals surface area contributed by atoms with Crippen molar-refractivity contribution in [2.24, 2.45) is 0 Å². The van der Waals surface area contributed by atoms with Crippen LogP contribution in [0.5, 0.6) is 0 Å². The average Bonchev–Trinajstić information content (AvgIpc) is 3.30. The van der Waals surface area contributed by atoms with Crippen molar-refractivity contribution in [3.63, 3.8) is 0 Å². The van der Waals surface area contributed by atoms with Crippen molar-refractivity contribution in [1.82, 2.24) is 20.0 Å². The molecule has 0 radical (unpaired) electrons. The summed E-state index contributed by atoms with van der Waals surface area (Å²) in [6, 6.07) is 11.7. The number of fused-ring (bicyclic) bond motifs is 1. The van der Waals surface area contributed by atoms with E-state index >= 15 is 0 Å². The third-order valence-electron chi connectivity index (χ3n) is 5.03. The van der Waals surface area contributed by atoms with Gasteiger partial charge in [-0.15, -0.1) is 10.2 Å². The fourth-order valence-corrected chi connectivity index (χ4v) is 4.17. The van der Waals surface area contributed by atoms with Crippen LogP contribution in [0.1, 0.15) is 35.9 Å². The smallest absolute Gasteiger partial charge is 0.234 e. The summed E-state index contributed by atoms with van der Waals surface area (Å²) < 4.78 is 1.87. The van der Waals surface area contributed by atoms with Gasteiger partial charge in [-0.3, -0.25) is 4.79 Å². The van der Waals surface area contributed by atoms with E-state index in [0.29, 0.717) is 5.75 Å². The minimum Gasteiger partial charge on any atom is -0.325 e. The van der Waals surface area contributed by atoms with Crippen molar-refractivity contribution in [3.05, 3.63) is 58.9 Å². The molecular formula is C21H23N5OS. The van der Waals surface area contributed by atoms with Gasteiger partial charge in [0.2, 0.25) is 5.91 Å². The highest BCUT2D eigenvalue weighted by Crippen LogP contribution is 2.26. The predicted octanol–water partition coefficient (Wildman–Crippen LogP) is 3.75. The number of hydrogen-bond donors (Lipinski definition) is 1. The molecule has 1 N–H and O–H groups in total. The minimum atomic E-state index is -0.0453. The molecule has 0 fully saturated rings. The molecule has 1 aliphatic carbocycles. The summed E-state index contributed by atoms with van der Waals surface area (Å²) in [7, 11) is 0. The Labute approximate surface area is 168 Å². The third-order valence-corrected chi connectivity index (χ3v) is 5.95. The van der Waals surface area contributed by atoms with E-state index < -0.39 is 0 Å². The number of amides is 1. The number of thioether (sulfide) groups is 1. The third kappa shape index (κ3) is 3.80. The van der Waals surface area contributed by atoms with Crippen LogP contribution in [0, 0.1) is 6.92 Å². The van der Waals surface area contributed by atoms with E-state index in [9.17, 15) is 4.79 Å². The number of nitrogens with zero attached hydrogens (tertiary/aromatic N) is 4. The van der Waals surface area contributed by atoms with Crippen LogP contribution in [0.25, 0.3) is 5.82 Å². The molecule has 2 aromatic heterocycles. The highest BCUT2D eigenvalue weighted by molar-refractivity contribution is 7.99. The molecule has 2 heterocycles. The molecule has 1 aromatic carbocycles. The summed E-state index contributed by atoms with van der Waals surface area (Å²) in [6.07, 6.45) is 4.21. The number of aromatic nitrogens is 4. The SMILES string of the molecule is CCc1ccccc1NC(=O)CSc1ccc(-n2nc3c(c2C)CCC3)nn1. The van der Waals surface area contributed by atoms with Gasteiger partial charge in [-0.05, 0) is 61.9 Å². The van der Waals surface area contributed by atoms with Crippen molar-refractivity contribution in [2.45, 2.75) is 44.6 Å². The average molecular weight is 394 g/mol. The number of para-hydroxylation sites is 1. The zero-order valence-electron chi connectivity index (χ0n) is 16.1. The van der Waals surface area contributed by atoms with Gasteiger partial charge in [0.15, 0.2) is 5.82 Å². The standard InChI is InChI=1S/C21H23N5OS/c1-3-15-7-4-5-9-17(15)22-20(27)13-28-21-12-11-19(23-24-21)26-14(2)16-8-6-10-18(16)25-26/h4-5,7,9,11-12H,3,6,8,10,13H2,1-2H3,(H,22,27). The molecular weight excluding hydrogens is 370 g/mol. The molecule has 0 bridgehead atoms. The molecule has 0 saturated carbocycles. The Morgan fingerprint density at radius 3 is 2.79 bits per heavy atom. The molecule has 0 saturated heterocycles. The number of rotatable bonds is 6. The Kier molecular flexibility index (Phi) is 5.43. The fourth-order valence-electron chi connectivity index (χ4n) is 3.55. The van der Waals surface area contributed by atoms with E-state index in [-0.39, 0.29) is 5.91 Å². The zero-order valence-corrected chi connectivity index (χ0v) is 16.9. The van der Waals surface area contributed by atoms with Crippen molar-refractivity contribution in [1.29, 1.82) is 0 Å². The number of hydrogen-bond acceptors (Lipinski definition) is 5. The predicted molar refractivity (Wildman–Crippen MR) is 111 cm³/mol. The maximum Gasteiger partial charge on any atom is 0.234 e. The number of nitrogens with one attached hydrogen (secondary N) is 1. The van der Waals surface area contributed by atoms with Gasteiger partial charge >= 0.3 is 0 Å². The molecule has 0 unspecified atom stereocenters. The molecule has 0 spiro atoms. The van der Waals surface area contributed by atoms with Crippen molar-refractivity contribution in [3.8, 4) is 5.82 Å². The largest absolute Gasteiger partial charge is 0.325 e. The van der Waals surface area contributed by atoms with E-state index in [1.165, 1.54) is 29.4 Å². The quantitative estimate of drug-likeness (QED) is 0.646. The van der Waals surface area contributed by atoms with Crippen molar-refractivity contribution >= 4 is 23.4 Å². The van der Waals surface area contributed by atoms with Gasteiger partial charge in [-0.1, -0.05) is 36.9 Å². The molecule has 0 aliphatic heterocycles. The summed E-state index contributed by atoms with van der Waals surface area (Å²) in [6.45, 7) is 4.16. The van der Waals surface area contributed by atoms with Crippen LogP contribution in [0.15, 0.2) is 41.4 Å². The first-order chi connectivity index (χ1) is 13.7. The molecule has 7 heteroatoms. The summed E-state index contributed by atoms with van der Waals surface area (Å²) >= 11 is 1.38. The van der Waals surface area contributed by atoms with Crippen LogP contribution in [0.2, 0.25) is 0 Å². The topological polar surface area (TPSA) is 72.7 Å². The van der Waals surface area contributed by atoms with E-state index in [4.69, 9.17) is 0 Å². The Hall–Kier alpha value is -2.67. The van der Waals surface area contributed by atoms with Gasteiger partial charge in [0, 0.05) is 11.4 Å². The number of carbonyl (C=O) groups excluding carboxylic acids is 1. The lowest BCUT2D eigenvalue weighted by atomic mass is 10.1. The lowest BCUT2D eigenvalue weighted by molar-refractivity contribution is -0.113. The van der Waals surface area contributed by atoms with Gasteiger partial charge in [0.1, 0.15) is 5.03 Å². The van der Waals surface area contributed by atoms with Crippen LogP contribution in [0.4, 0.5) is 5.69 Å². The van der Waals surface area contributed by atoms with Gasteiger partial charge in [0.05, 0.1) is 11.4 Å². The van der Waals surface area contributed by atoms with Crippen molar-refractivity contribution < 1.29 is 4.79 Å². The molecule has 1 amide bonds. The second-order valence-electron chi connectivity index (χ2n) is 6.85. The Balaban J connectivity index is 1.38. The van der Waals surface area contributed by atoms with E-state index in [2.05, 4.69) is 34.5 Å². The maximum atomic E-state index is 12.3. The fraction of sp³-hybridized carbons (Fsp3) is 0.333. The second kappa shape index (κ2) is 8.14. The van der Waals surface area contributed by atoms with E-state index in [1.54, 1.807) is 0 Å². The Morgan fingerprint density at radius 1 is 1.18 bits per heavy atom. The Morgan fingerprint density at radius 2 is 2.04 bits per heavy atom. The molecule has 28 heavy (non-hydrogen) atoms. The van der Waals surface area contributed by atoms with E-state index in [0.717, 1.165) is 47.1 Å². The number of carbonyl (C=O) groups is 1. The normalized spacial score (nSPS) is 12.8. The highest BCUT2D eigenvalue weighted by Gasteiger charge is 2.20. The van der Waals surface area contributed by atoms with Gasteiger partial charge in [0.25, 0.3) is 0 Å². The van der Waals surface area contributed by atoms with Gasteiger partial charge < -0.3 is 5.32 Å². The molecule has 6 nitrogen and oxygen atoms in total. The van der Waals surface area contributed by atoms with Crippen LogP contribution >= 0.6 is 11.8 Å². The molecule has 144 valence electrons. The number of anilines is 1. The summed E-state index contributed by atoms with van der Waals surface area (Å²) in [5.74, 6) is 0.968. The first-order valence-electron chi connectivity index (χ1n) is 9.57. The Bertz CT molecular complexity index is 997. The van der Waals surface area contributed by atoms with Crippen LogP contribution in [-0.2, 0) is 24.1 Å². The molecule has 4 rings (SSSR count). The first kappa shape index (κ1) is 18.7. The zero-order chi connectivity index (χ0) is 19.5. The van der Waals surface area contributed by atoms with Gasteiger partial charge in [-0.2, -0.15) is 5.10 Å². The molecule has 0 atom stereocenters. The monoisotopic (exact) mass is 393 g/mol. The van der Waals surface area contributed by atoms with Crippen molar-refractivity contribution in [2.75, 3.05) is 11.1 Å². The molecule has 1 aliphatic rings.